The van der Waals surface area contributed by atoms with Crippen LogP contribution >= 0.6 is 0 Å². The highest BCUT2D eigenvalue weighted by molar-refractivity contribution is 5.79. The number of hydrogen-bond acceptors (Lipinski definition) is 3. The molecule has 0 aromatic rings. The molecule has 1 aliphatic rings. The molecule has 2 atom stereocenters. The zero-order valence-corrected chi connectivity index (χ0v) is 11.3. The van der Waals surface area contributed by atoms with Crippen LogP contribution in [0.25, 0.3) is 0 Å². The number of aliphatic hydroxyl groups is 1. The number of aliphatic hydroxyl groups excluding tert-OH is 1. The number of nitrogens with one attached hydrogen (secondary N) is 2. The van der Waals surface area contributed by atoms with Crippen molar-refractivity contribution in [3.63, 3.8) is 0 Å². The highest BCUT2D eigenvalue weighted by Gasteiger charge is 2.29. The number of carbonyl (C=O) groups is 1. The predicted molar refractivity (Wildman–Crippen MR) is 68.7 cm³/mol. The van der Waals surface area contributed by atoms with E-state index in [4.69, 9.17) is 5.11 Å². The normalized spacial score (nSPS) is 23.2. The van der Waals surface area contributed by atoms with Gasteiger partial charge in [-0.25, -0.2) is 0 Å². The first-order chi connectivity index (χ1) is 7.95. The second kappa shape index (κ2) is 6.36. The topological polar surface area (TPSA) is 61.4 Å². The predicted octanol–water partition coefficient (Wildman–Crippen LogP) is 0.899. The van der Waals surface area contributed by atoms with E-state index in [9.17, 15) is 4.79 Å². The molecule has 1 rings (SSSR count). The van der Waals surface area contributed by atoms with Gasteiger partial charge in [0.25, 0.3) is 0 Å². The average molecular weight is 242 g/mol. The second-order valence-corrected chi connectivity index (χ2v) is 5.98. The number of piperidine rings is 1. The van der Waals surface area contributed by atoms with Crippen molar-refractivity contribution in [3.8, 4) is 0 Å². The fraction of sp³-hybridized carbons (Fsp3) is 0.923. The van der Waals surface area contributed by atoms with E-state index in [-0.39, 0.29) is 29.9 Å². The van der Waals surface area contributed by atoms with E-state index in [2.05, 4.69) is 31.4 Å². The van der Waals surface area contributed by atoms with Crippen LogP contribution in [0.2, 0.25) is 0 Å². The molecule has 0 aliphatic carbocycles. The maximum Gasteiger partial charge on any atom is 0.224 e. The molecule has 0 bridgehead atoms. The van der Waals surface area contributed by atoms with Crippen molar-refractivity contribution in [2.75, 3.05) is 19.7 Å². The monoisotopic (exact) mass is 242 g/mol. The Bertz CT molecular complexity index is 242. The molecule has 1 saturated heterocycles. The lowest BCUT2D eigenvalue weighted by molar-refractivity contribution is -0.127. The van der Waals surface area contributed by atoms with E-state index in [1.54, 1.807) is 0 Å². The van der Waals surface area contributed by atoms with Crippen molar-refractivity contribution in [2.24, 2.45) is 11.3 Å². The van der Waals surface area contributed by atoms with Gasteiger partial charge in [0, 0.05) is 19.2 Å². The van der Waals surface area contributed by atoms with Crippen LogP contribution in [0.5, 0.6) is 0 Å². The van der Waals surface area contributed by atoms with Crippen LogP contribution < -0.4 is 10.6 Å². The largest absolute Gasteiger partial charge is 0.396 e. The summed E-state index contributed by atoms with van der Waals surface area (Å²) in [5.41, 5.74) is -0.0134. The van der Waals surface area contributed by atoms with Gasteiger partial charge >= 0.3 is 0 Å². The summed E-state index contributed by atoms with van der Waals surface area (Å²) in [6, 6.07) is 0.0435. The molecule has 17 heavy (non-hydrogen) atoms. The summed E-state index contributed by atoms with van der Waals surface area (Å²) in [5, 5.41) is 15.4. The Hall–Kier alpha value is -0.610. The van der Waals surface area contributed by atoms with Crippen molar-refractivity contribution in [1.29, 1.82) is 0 Å². The van der Waals surface area contributed by atoms with Crippen LogP contribution in [0.1, 0.15) is 40.0 Å². The van der Waals surface area contributed by atoms with E-state index >= 15 is 0 Å². The van der Waals surface area contributed by atoms with Gasteiger partial charge in [0.1, 0.15) is 0 Å². The van der Waals surface area contributed by atoms with Crippen molar-refractivity contribution in [3.05, 3.63) is 0 Å². The van der Waals surface area contributed by atoms with Crippen LogP contribution in [0.4, 0.5) is 0 Å². The molecule has 4 nitrogen and oxygen atoms in total. The highest BCUT2D eigenvalue weighted by atomic mass is 16.3. The molecule has 1 fully saturated rings. The third kappa shape index (κ3) is 4.64. The van der Waals surface area contributed by atoms with Gasteiger partial charge in [-0.05, 0) is 31.2 Å². The molecular weight excluding hydrogens is 216 g/mol. The van der Waals surface area contributed by atoms with E-state index in [1.165, 1.54) is 0 Å². The Balaban J connectivity index is 2.51. The summed E-state index contributed by atoms with van der Waals surface area (Å²) >= 11 is 0. The fourth-order valence-electron chi connectivity index (χ4n) is 2.22. The number of carbonyl (C=O) groups excluding carboxylic acids is 1. The summed E-state index contributed by atoms with van der Waals surface area (Å²) in [6.45, 7) is 8.18. The molecule has 0 aromatic heterocycles. The maximum absolute atomic E-state index is 12.1. The van der Waals surface area contributed by atoms with Gasteiger partial charge in [-0.2, -0.15) is 0 Å². The molecule has 0 spiro atoms. The van der Waals surface area contributed by atoms with Crippen LogP contribution in [0.3, 0.4) is 0 Å². The van der Waals surface area contributed by atoms with E-state index < -0.39 is 0 Å². The zero-order valence-electron chi connectivity index (χ0n) is 11.3. The van der Waals surface area contributed by atoms with Crippen molar-refractivity contribution < 1.29 is 9.90 Å². The van der Waals surface area contributed by atoms with Crippen LogP contribution in [-0.2, 0) is 4.79 Å². The molecule has 3 N–H and O–H groups in total. The number of amides is 1. The summed E-state index contributed by atoms with van der Waals surface area (Å²) in [4.78, 5) is 12.1. The Morgan fingerprint density at radius 2 is 2.24 bits per heavy atom. The Kier molecular flexibility index (Phi) is 5.40. The van der Waals surface area contributed by atoms with Gasteiger partial charge < -0.3 is 15.7 Å². The molecule has 0 aromatic carbocycles. The molecule has 0 radical (unpaired) electrons. The summed E-state index contributed by atoms with van der Waals surface area (Å²) in [6.07, 6.45) is 2.66. The first-order valence-electron chi connectivity index (χ1n) is 6.57. The highest BCUT2D eigenvalue weighted by Crippen LogP contribution is 2.22. The van der Waals surface area contributed by atoms with Crippen molar-refractivity contribution >= 4 is 5.91 Å². The lowest BCUT2D eigenvalue weighted by Crippen LogP contribution is -2.49. The molecule has 1 amide bonds. The lowest BCUT2D eigenvalue weighted by Gasteiger charge is -2.33. The molecule has 1 unspecified atom stereocenters. The van der Waals surface area contributed by atoms with E-state index in [1.807, 2.05) is 0 Å². The minimum atomic E-state index is -0.0134. The van der Waals surface area contributed by atoms with Crippen LogP contribution in [0, 0.1) is 11.3 Å². The smallest absolute Gasteiger partial charge is 0.224 e. The van der Waals surface area contributed by atoms with Crippen molar-refractivity contribution in [1.82, 2.24) is 10.6 Å². The van der Waals surface area contributed by atoms with Gasteiger partial charge in [-0.1, -0.05) is 20.8 Å². The van der Waals surface area contributed by atoms with E-state index in [0.29, 0.717) is 6.42 Å². The SMILES string of the molecule is CC(C)(C)C(CCO)NC(=O)[C@H]1CCCNC1. The van der Waals surface area contributed by atoms with Gasteiger partial charge in [0.2, 0.25) is 5.91 Å². The standard InChI is InChI=1S/C13H26N2O2/c1-13(2,3)11(6-8-16)15-12(17)10-5-4-7-14-9-10/h10-11,14,16H,4-9H2,1-3H3,(H,15,17)/t10-,11?/m0/s1. The Morgan fingerprint density at radius 1 is 1.53 bits per heavy atom. The third-order valence-corrected chi connectivity index (χ3v) is 3.45. The van der Waals surface area contributed by atoms with Gasteiger partial charge in [0.05, 0.1) is 5.92 Å². The van der Waals surface area contributed by atoms with Crippen LogP contribution in [-0.4, -0.2) is 36.8 Å². The first-order valence-corrected chi connectivity index (χ1v) is 6.57. The van der Waals surface area contributed by atoms with Crippen LogP contribution in [0.15, 0.2) is 0 Å². The lowest BCUT2D eigenvalue weighted by atomic mass is 9.84. The second-order valence-electron chi connectivity index (χ2n) is 5.98. The summed E-state index contributed by atoms with van der Waals surface area (Å²) < 4.78 is 0. The van der Waals surface area contributed by atoms with Gasteiger partial charge in [-0.15, -0.1) is 0 Å². The third-order valence-electron chi connectivity index (χ3n) is 3.45. The molecule has 0 saturated carbocycles. The first kappa shape index (κ1) is 14.5. The maximum atomic E-state index is 12.1. The number of hydrogen-bond donors (Lipinski definition) is 3. The quantitative estimate of drug-likeness (QED) is 0.686. The number of rotatable bonds is 4. The summed E-state index contributed by atoms with van der Waals surface area (Å²) in [5.74, 6) is 0.220. The van der Waals surface area contributed by atoms with E-state index in [0.717, 1.165) is 25.9 Å². The zero-order chi connectivity index (χ0) is 12.9. The summed E-state index contributed by atoms with van der Waals surface area (Å²) in [7, 11) is 0. The van der Waals surface area contributed by atoms with Crippen molar-refractivity contribution in [2.45, 2.75) is 46.1 Å². The average Bonchev–Trinajstić information content (AvgIpc) is 2.28. The molecular formula is C13H26N2O2. The molecule has 4 heteroatoms. The minimum Gasteiger partial charge on any atom is -0.396 e. The molecule has 1 aliphatic heterocycles. The van der Waals surface area contributed by atoms with Gasteiger partial charge in [-0.3, -0.25) is 4.79 Å². The Labute approximate surface area is 104 Å². The molecule has 100 valence electrons. The minimum absolute atomic E-state index is 0.0134. The van der Waals surface area contributed by atoms with Gasteiger partial charge in [0.15, 0.2) is 0 Å². The fourth-order valence-corrected chi connectivity index (χ4v) is 2.22. The molecule has 1 heterocycles. The Morgan fingerprint density at radius 3 is 2.71 bits per heavy atom.